The molecule has 1 amide bonds. The van der Waals surface area contributed by atoms with Gasteiger partial charge in [0.15, 0.2) is 0 Å². The van der Waals surface area contributed by atoms with E-state index in [2.05, 4.69) is 21.7 Å². The zero-order valence-corrected chi connectivity index (χ0v) is 15.3. The van der Waals surface area contributed by atoms with Crippen LogP contribution in [0.4, 0.5) is 0 Å². The Bertz CT molecular complexity index is 774. The summed E-state index contributed by atoms with van der Waals surface area (Å²) in [6.07, 6.45) is 2.33. The number of halogens is 1. The first-order chi connectivity index (χ1) is 12.1. The van der Waals surface area contributed by atoms with Gasteiger partial charge in [-0.15, -0.1) is 0 Å². The number of rotatable bonds is 8. The van der Waals surface area contributed by atoms with E-state index in [9.17, 15) is 4.79 Å². The van der Waals surface area contributed by atoms with Crippen LogP contribution in [-0.4, -0.2) is 22.3 Å². The zero-order valence-electron chi connectivity index (χ0n) is 14.5. The summed E-state index contributed by atoms with van der Waals surface area (Å²) < 4.78 is 7.29. The molecule has 0 unspecified atom stereocenters. The summed E-state index contributed by atoms with van der Waals surface area (Å²) in [7, 11) is 1.77. The topological polar surface area (TPSA) is 56.1 Å². The molecule has 1 heterocycles. The number of nitrogens with one attached hydrogen (secondary N) is 1. The number of aryl methyl sites for hydroxylation is 2. The van der Waals surface area contributed by atoms with Crippen LogP contribution < -0.4 is 10.1 Å². The fourth-order valence-corrected chi connectivity index (χ4v) is 2.42. The van der Waals surface area contributed by atoms with Crippen molar-refractivity contribution in [2.24, 2.45) is 7.05 Å². The van der Waals surface area contributed by atoms with Crippen molar-refractivity contribution < 1.29 is 9.53 Å². The molecular weight excluding hydrogens is 338 g/mol. The third-order valence-electron chi connectivity index (χ3n) is 3.66. The minimum absolute atomic E-state index is 0.138. The third kappa shape index (κ3) is 5.84. The number of carbonyl (C=O) groups excluding carboxylic acids is 1. The molecule has 0 bridgehead atoms. The average Bonchev–Trinajstić information content (AvgIpc) is 3.01. The lowest BCUT2D eigenvalue weighted by Gasteiger charge is -2.09. The predicted octanol–water partition coefficient (Wildman–Crippen LogP) is 3.27. The molecular formula is C19H22ClN3O2. The molecule has 0 radical (unpaired) electrons. The Morgan fingerprint density at radius 2 is 2.24 bits per heavy atom. The molecule has 0 aliphatic heterocycles. The molecule has 5 nitrogen and oxygen atoms in total. The van der Waals surface area contributed by atoms with Gasteiger partial charge in [-0.3, -0.25) is 9.48 Å². The number of hydrogen-bond acceptors (Lipinski definition) is 3. The van der Waals surface area contributed by atoms with Crippen molar-refractivity contribution in [3.8, 4) is 17.0 Å². The van der Waals surface area contributed by atoms with Crippen molar-refractivity contribution in [1.82, 2.24) is 15.1 Å². The molecule has 0 aliphatic carbocycles. The van der Waals surface area contributed by atoms with Gasteiger partial charge >= 0.3 is 0 Å². The Morgan fingerprint density at radius 3 is 2.96 bits per heavy atom. The van der Waals surface area contributed by atoms with E-state index in [1.165, 1.54) is 0 Å². The normalized spacial score (nSPS) is 10.0. The Balaban J connectivity index is 1.87. The SMILES string of the molecule is CCc1cc(C(=O)NCc2cccc(OCCCC#CCl)c2)n(C)n1. The highest BCUT2D eigenvalue weighted by atomic mass is 35.5. The van der Waals surface area contributed by atoms with E-state index in [4.69, 9.17) is 16.3 Å². The fourth-order valence-electron chi connectivity index (χ4n) is 2.33. The van der Waals surface area contributed by atoms with E-state index in [0.717, 1.165) is 29.8 Å². The molecule has 0 saturated carbocycles. The van der Waals surface area contributed by atoms with E-state index in [1.807, 2.05) is 37.3 Å². The van der Waals surface area contributed by atoms with Gasteiger partial charge in [0.05, 0.1) is 12.3 Å². The zero-order chi connectivity index (χ0) is 18.1. The number of unbranched alkanes of at least 4 members (excludes halogenated alkanes) is 1. The minimum Gasteiger partial charge on any atom is -0.494 e. The largest absolute Gasteiger partial charge is 0.494 e. The van der Waals surface area contributed by atoms with Gasteiger partial charge in [-0.25, -0.2) is 0 Å². The van der Waals surface area contributed by atoms with Gasteiger partial charge in [0.25, 0.3) is 5.91 Å². The molecule has 0 aliphatic rings. The second-order valence-corrected chi connectivity index (χ2v) is 5.74. The standard InChI is InChI=1S/C19H22ClN3O2/c1-3-16-13-18(23(2)22-16)19(24)21-14-15-8-7-9-17(12-15)25-11-6-4-5-10-20/h7-9,12-13H,3-4,6,11,14H2,1-2H3,(H,21,24). The number of ether oxygens (including phenoxy) is 1. The smallest absolute Gasteiger partial charge is 0.269 e. The maximum atomic E-state index is 12.3. The van der Waals surface area contributed by atoms with Crippen molar-refractivity contribution in [3.63, 3.8) is 0 Å². The molecule has 1 aromatic carbocycles. The van der Waals surface area contributed by atoms with Gasteiger partial charge < -0.3 is 10.1 Å². The summed E-state index contributed by atoms with van der Waals surface area (Å²) in [5.74, 6) is 3.42. The molecule has 6 heteroatoms. The lowest BCUT2D eigenvalue weighted by Crippen LogP contribution is -2.25. The summed E-state index contributed by atoms with van der Waals surface area (Å²) in [6.45, 7) is 3.02. The molecule has 0 fully saturated rings. The Morgan fingerprint density at radius 1 is 1.40 bits per heavy atom. The number of carbonyl (C=O) groups is 1. The van der Waals surface area contributed by atoms with Crippen LogP contribution >= 0.6 is 11.6 Å². The monoisotopic (exact) mass is 359 g/mol. The van der Waals surface area contributed by atoms with Crippen molar-refractivity contribution in [2.45, 2.75) is 32.7 Å². The van der Waals surface area contributed by atoms with Gasteiger partial charge in [0.2, 0.25) is 0 Å². The number of benzene rings is 1. The molecule has 132 valence electrons. The van der Waals surface area contributed by atoms with E-state index in [1.54, 1.807) is 11.7 Å². The number of hydrogen-bond donors (Lipinski definition) is 1. The van der Waals surface area contributed by atoms with E-state index < -0.39 is 0 Å². The van der Waals surface area contributed by atoms with Crippen LogP contribution in [0.2, 0.25) is 0 Å². The molecule has 1 aromatic heterocycles. The summed E-state index contributed by atoms with van der Waals surface area (Å²) >= 11 is 5.30. The molecule has 2 aromatic rings. The summed E-state index contributed by atoms with van der Waals surface area (Å²) in [4.78, 5) is 12.3. The van der Waals surface area contributed by atoms with Crippen LogP contribution in [0, 0.1) is 11.3 Å². The van der Waals surface area contributed by atoms with Crippen LogP contribution in [0.15, 0.2) is 30.3 Å². The first kappa shape index (κ1) is 18.9. The summed E-state index contributed by atoms with van der Waals surface area (Å²) in [5, 5.41) is 9.55. The van der Waals surface area contributed by atoms with Crippen LogP contribution in [0.3, 0.4) is 0 Å². The molecule has 0 saturated heterocycles. The lowest BCUT2D eigenvalue weighted by atomic mass is 10.2. The highest BCUT2D eigenvalue weighted by molar-refractivity contribution is 6.30. The van der Waals surface area contributed by atoms with Crippen LogP contribution in [-0.2, 0) is 20.0 Å². The Labute approximate surface area is 153 Å². The molecule has 0 spiro atoms. The van der Waals surface area contributed by atoms with Gasteiger partial charge in [-0.2, -0.15) is 5.10 Å². The first-order valence-electron chi connectivity index (χ1n) is 8.25. The highest BCUT2D eigenvalue weighted by Gasteiger charge is 2.12. The fraction of sp³-hybridized carbons (Fsp3) is 0.368. The number of aromatic nitrogens is 2. The quantitative estimate of drug-likeness (QED) is 0.581. The lowest BCUT2D eigenvalue weighted by molar-refractivity contribution is 0.0941. The third-order valence-corrected chi connectivity index (χ3v) is 3.79. The second-order valence-electron chi connectivity index (χ2n) is 5.55. The Kier molecular flexibility index (Phi) is 7.36. The second kappa shape index (κ2) is 9.75. The van der Waals surface area contributed by atoms with E-state index >= 15 is 0 Å². The van der Waals surface area contributed by atoms with E-state index in [-0.39, 0.29) is 5.91 Å². The van der Waals surface area contributed by atoms with Crippen LogP contribution in [0.1, 0.15) is 41.5 Å². The van der Waals surface area contributed by atoms with Crippen molar-refractivity contribution >= 4 is 17.5 Å². The summed E-state index contributed by atoms with van der Waals surface area (Å²) in [6, 6.07) is 9.50. The molecule has 2 rings (SSSR count). The maximum absolute atomic E-state index is 12.3. The molecule has 1 N–H and O–H groups in total. The van der Waals surface area contributed by atoms with Crippen LogP contribution in [0.25, 0.3) is 0 Å². The van der Waals surface area contributed by atoms with Gasteiger partial charge in [0, 0.05) is 25.4 Å². The van der Waals surface area contributed by atoms with Gasteiger partial charge in [-0.05, 0) is 48.2 Å². The van der Waals surface area contributed by atoms with Crippen molar-refractivity contribution in [1.29, 1.82) is 0 Å². The maximum Gasteiger partial charge on any atom is 0.269 e. The average molecular weight is 360 g/mol. The van der Waals surface area contributed by atoms with Gasteiger partial charge in [-0.1, -0.05) is 25.0 Å². The van der Waals surface area contributed by atoms with Crippen molar-refractivity contribution in [2.75, 3.05) is 6.61 Å². The predicted molar refractivity (Wildman–Crippen MR) is 98.6 cm³/mol. The Hall–Kier alpha value is -2.45. The molecule has 25 heavy (non-hydrogen) atoms. The van der Waals surface area contributed by atoms with Crippen LogP contribution in [0.5, 0.6) is 5.75 Å². The highest BCUT2D eigenvalue weighted by Crippen LogP contribution is 2.14. The van der Waals surface area contributed by atoms with E-state index in [0.29, 0.717) is 25.3 Å². The summed E-state index contributed by atoms with van der Waals surface area (Å²) in [5.41, 5.74) is 2.44. The number of amides is 1. The number of nitrogens with zero attached hydrogens (tertiary/aromatic N) is 2. The van der Waals surface area contributed by atoms with Gasteiger partial charge in [0.1, 0.15) is 11.4 Å². The van der Waals surface area contributed by atoms with Crippen molar-refractivity contribution in [3.05, 3.63) is 47.3 Å². The first-order valence-corrected chi connectivity index (χ1v) is 8.63. The molecule has 0 atom stereocenters. The minimum atomic E-state index is -0.138.